The smallest absolute Gasteiger partial charge is 0.127 e. The van der Waals surface area contributed by atoms with E-state index in [2.05, 4.69) is 378 Å². The van der Waals surface area contributed by atoms with Crippen LogP contribution in [0.25, 0.3) is 0 Å². The fraction of sp³-hybridized carbons (Fsp3) is 0.554. The second-order valence-electron chi connectivity index (χ2n) is 41.1. The van der Waals surface area contributed by atoms with E-state index in [1.165, 1.54) is 236 Å². The molecule has 0 spiro atoms. The molecule has 0 amide bonds. The standard InChI is InChI=1S/C17H20.C15H16.C14H14O.C12H24.C10H20.C9H18.C9H12.C8H16.C8H10.C8H16.C8H10.C3H8/c1-13-5-9-15(10-6-13)17(3,4)16-11-7-14(2)8-12-16;1-12-3-7-14(8-4-12)11-15-9-5-13(2)6-10-15;1-11-3-7-13(8-4-11)15-14-9-5-12(2)6-10-14;1-6-12(5)8-10(2)7-11(3,4)9-12;1-3-9-5-7-10(4-2)8-6-9;1-7-4-5-8(2)9(3)6-7;1-7-5-4-6-8(2)9(7)3;2*1-7-3-5-8(2)6-4-7;2*1-7-4-3-5-8(2)6-7;1-3-2/h5-12H,1-4H3;3-10H,11H2,1-2H3;3-10H,1-2H3;10H,6-9H2,1-5H3;9-10H,3-8H2,1-2H3;7-9H,4-6H2,1-3H3;4-6H,1-3H3;7-8H,3-6H2,1-2H3;3-6H,1-2H3;7-8H,3-6H2,1-2H3;3-6H,1-2H3;3H2,1-2H3. The lowest BCUT2D eigenvalue weighted by atomic mass is 9.60. The third-order valence-electron chi connectivity index (χ3n) is 26.7. The molecule has 7 unspecified atom stereocenters. The van der Waals surface area contributed by atoms with Crippen LogP contribution in [0.5, 0.6) is 11.5 Å². The number of aryl methyl sites for hydroxylation is 12. The Labute approximate surface area is 755 Å². The van der Waals surface area contributed by atoms with Crippen molar-refractivity contribution < 1.29 is 4.74 Å². The highest BCUT2D eigenvalue weighted by molar-refractivity contribution is 5.40. The Bertz CT molecular complexity index is 3780. The lowest BCUT2D eigenvalue weighted by Crippen LogP contribution is -2.34. The Hall–Kier alpha value is -7.22. The highest BCUT2D eigenvalue weighted by atomic mass is 16.5. The molecule has 0 radical (unpaired) electrons. The van der Waals surface area contributed by atoms with E-state index in [4.69, 9.17) is 4.74 Å². The van der Waals surface area contributed by atoms with Gasteiger partial charge in [-0.3, -0.25) is 0 Å². The molecule has 0 saturated heterocycles. The van der Waals surface area contributed by atoms with Gasteiger partial charge in [0.1, 0.15) is 11.5 Å². The molecule has 0 aliphatic heterocycles. The maximum absolute atomic E-state index is 5.69. The van der Waals surface area contributed by atoms with Gasteiger partial charge in [-0.2, -0.15) is 0 Å². The van der Waals surface area contributed by atoms with E-state index in [1.807, 2.05) is 48.5 Å². The Kier molecular flexibility index (Phi) is 52.6. The summed E-state index contributed by atoms with van der Waals surface area (Å²) in [7, 11) is 0. The normalized spacial score (nSPS) is 21.6. The van der Waals surface area contributed by atoms with Crippen LogP contribution in [-0.4, -0.2) is 0 Å². The van der Waals surface area contributed by atoms with E-state index in [0.717, 1.165) is 77.1 Å². The average Bonchev–Trinajstić information content (AvgIpc) is 0.806. The first kappa shape index (κ1) is 109. The summed E-state index contributed by atoms with van der Waals surface area (Å²) in [5, 5.41) is 0. The lowest BCUT2D eigenvalue weighted by Gasteiger charge is -2.45. The fourth-order valence-corrected chi connectivity index (χ4v) is 17.9. The zero-order chi connectivity index (χ0) is 91.0. The molecule has 0 aromatic heterocycles. The summed E-state index contributed by atoms with van der Waals surface area (Å²) >= 11 is 0. The van der Waals surface area contributed by atoms with Crippen LogP contribution in [0, 0.1) is 160 Å². The maximum atomic E-state index is 5.69. The van der Waals surface area contributed by atoms with Crippen molar-refractivity contribution in [2.75, 3.05) is 0 Å². The first-order chi connectivity index (χ1) is 57.7. The second-order valence-corrected chi connectivity index (χ2v) is 41.1. The SMILES string of the molecule is CC1CCC(C)C(C)C1.CC1CCC(C)CC1.CC1CCCC(C)C1.CCC.CCC1(C)CC(C)CC(C)(C)C1.CCC1CCC(CC)CC1.Cc1ccc(C(C)(C)c2ccc(C)cc2)cc1.Cc1ccc(C)cc1.Cc1ccc(Cc2ccc(C)cc2)cc1.Cc1ccc(Oc2ccc(C)cc2)cc1.Cc1cccc(C)c1.Cc1cccc(C)c1C. The topological polar surface area (TPSA) is 9.23 Å². The van der Waals surface area contributed by atoms with Crippen LogP contribution >= 0.6 is 0 Å². The van der Waals surface area contributed by atoms with Gasteiger partial charge in [-0.25, -0.2) is 0 Å². The summed E-state index contributed by atoms with van der Waals surface area (Å²) in [5.41, 5.74) is 24.0. The van der Waals surface area contributed by atoms with E-state index in [1.54, 1.807) is 0 Å². The molecule has 14 rings (SSSR count). The van der Waals surface area contributed by atoms with Crippen molar-refractivity contribution >= 4 is 0 Å². The van der Waals surface area contributed by atoms with Gasteiger partial charge in [0.2, 0.25) is 0 Å². The van der Waals surface area contributed by atoms with Crippen LogP contribution in [0.2, 0.25) is 0 Å². The van der Waals surface area contributed by atoms with Crippen molar-refractivity contribution in [3.05, 3.63) is 307 Å². The quantitative estimate of drug-likeness (QED) is 0.140. The van der Waals surface area contributed by atoms with Gasteiger partial charge in [-0.05, 0) is 262 Å². The van der Waals surface area contributed by atoms with Crippen LogP contribution in [0.4, 0.5) is 0 Å². The zero-order valence-corrected chi connectivity index (χ0v) is 84.7. The largest absolute Gasteiger partial charge is 0.457 e. The molecule has 9 aromatic rings. The van der Waals surface area contributed by atoms with Gasteiger partial charge >= 0.3 is 0 Å². The van der Waals surface area contributed by atoms with Gasteiger partial charge in [0.15, 0.2) is 0 Å². The number of hydrogen-bond acceptors (Lipinski definition) is 1. The minimum absolute atomic E-state index is 0.0708. The van der Waals surface area contributed by atoms with Crippen LogP contribution in [0.3, 0.4) is 0 Å². The lowest BCUT2D eigenvalue weighted by molar-refractivity contribution is 0.0581. The van der Waals surface area contributed by atoms with Gasteiger partial charge in [-0.1, -0.05) is 477 Å². The van der Waals surface area contributed by atoms with Crippen molar-refractivity contribution in [1.82, 2.24) is 0 Å². The molecule has 7 atom stereocenters. The van der Waals surface area contributed by atoms with Crippen LogP contribution in [0.1, 0.15) is 360 Å². The second kappa shape index (κ2) is 58.9. The molecule has 0 bridgehead atoms. The molecule has 0 N–H and O–H groups in total. The van der Waals surface area contributed by atoms with E-state index < -0.39 is 0 Å². The monoisotopic (exact) mass is 1650 g/mol. The molecule has 1 nitrogen and oxygen atoms in total. The fourth-order valence-electron chi connectivity index (χ4n) is 17.9. The predicted molar refractivity (Wildman–Crippen MR) is 547 cm³/mol. The van der Waals surface area contributed by atoms with E-state index in [0.29, 0.717) is 10.8 Å². The van der Waals surface area contributed by atoms with E-state index in [-0.39, 0.29) is 5.41 Å². The number of benzene rings is 9. The molecule has 9 aromatic carbocycles. The molecule has 0 heterocycles. The minimum atomic E-state index is 0.0708. The van der Waals surface area contributed by atoms with Crippen molar-refractivity contribution in [2.24, 2.45) is 70.0 Å². The Balaban J connectivity index is 0.000000349. The first-order valence-corrected chi connectivity index (χ1v) is 48.9. The van der Waals surface area contributed by atoms with Crippen LogP contribution < -0.4 is 4.74 Å². The molecule has 1 heteroatoms. The summed E-state index contributed by atoms with van der Waals surface area (Å²) in [5.74, 6) is 11.9. The first-order valence-electron chi connectivity index (χ1n) is 48.9. The summed E-state index contributed by atoms with van der Waals surface area (Å²) in [6, 6.07) is 74.6. The number of ether oxygens (including phenoxy) is 1. The molecular weight excluding hydrogens is 1470 g/mol. The van der Waals surface area contributed by atoms with E-state index >= 15 is 0 Å². The highest BCUT2D eigenvalue weighted by Gasteiger charge is 2.38. The summed E-state index contributed by atoms with van der Waals surface area (Å²) < 4.78 is 5.69. The molecule has 5 aliphatic rings. The maximum Gasteiger partial charge on any atom is 0.127 e. The number of rotatable bonds is 9. The van der Waals surface area contributed by atoms with Crippen LogP contribution in [-0.2, 0) is 11.8 Å². The molecule has 674 valence electrons. The number of hydrogen-bond donors (Lipinski definition) is 0. The molecule has 5 fully saturated rings. The highest BCUT2D eigenvalue weighted by Crippen LogP contribution is 2.50. The summed E-state index contributed by atoms with van der Waals surface area (Å²) in [6.45, 7) is 69.6. The third kappa shape index (κ3) is 47.2. The van der Waals surface area contributed by atoms with Gasteiger partial charge in [0.25, 0.3) is 0 Å². The van der Waals surface area contributed by atoms with Gasteiger partial charge in [0, 0.05) is 5.41 Å². The van der Waals surface area contributed by atoms with Crippen molar-refractivity contribution in [2.45, 2.75) is 368 Å². The van der Waals surface area contributed by atoms with Crippen molar-refractivity contribution in [1.29, 1.82) is 0 Å². The molecule has 5 aliphatic carbocycles. The molecule has 5 saturated carbocycles. The Morgan fingerprint density at radius 2 is 0.631 bits per heavy atom. The predicted octanol–water partition coefficient (Wildman–Crippen LogP) is 37.9. The Morgan fingerprint density at radius 1 is 0.320 bits per heavy atom. The average molecular weight is 1650 g/mol. The molecule has 122 heavy (non-hydrogen) atoms. The van der Waals surface area contributed by atoms with Gasteiger partial charge in [-0.15, -0.1) is 0 Å². The van der Waals surface area contributed by atoms with Crippen LogP contribution in [0.15, 0.2) is 212 Å². The van der Waals surface area contributed by atoms with E-state index in [9.17, 15) is 0 Å². The Morgan fingerprint density at radius 3 is 0.910 bits per heavy atom. The minimum Gasteiger partial charge on any atom is -0.457 e. The van der Waals surface area contributed by atoms with Gasteiger partial charge < -0.3 is 4.74 Å². The third-order valence-corrected chi connectivity index (χ3v) is 26.7. The van der Waals surface area contributed by atoms with Crippen molar-refractivity contribution in [3.63, 3.8) is 0 Å². The van der Waals surface area contributed by atoms with Gasteiger partial charge in [0.05, 0.1) is 0 Å². The molecular formula is C121H184O. The van der Waals surface area contributed by atoms with Crippen molar-refractivity contribution in [3.8, 4) is 11.5 Å². The zero-order valence-electron chi connectivity index (χ0n) is 84.7. The summed E-state index contributed by atoms with van der Waals surface area (Å²) in [4.78, 5) is 0. The summed E-state index contributed by atoms with van der Waals surface area (Å²) in [6.07, 6.45) is 32.9.